The molecule has 0 unspecified atom stereocenters. The molecular weight excluding hydrogens is 332 g/mol. The number of nitrogens with zero attached hydrogens (tertiary/aromatic N) is 2. The van der Waals surface area contributed by atoms with Crippen molar-refractivity contribution in [3.8, 4) is 0 Å². The van der Waals surface area contributed by atoms with Gasteiger partial charge >= 0.3 is 0 Å². The summed E-state index contributed by atoms with van der Waals surface area (Å²) in [6.07, 6.45) is 3.66. The van der Waals surface area contributed by atoms with Gasteiger partial charge in [0.2, 0.25) is 0 Å². The first-order valence-corrected chi connectivity index (χ1v) is 8.36. The van der Waals surface area contributed by atoms with E-state index in [-0.39, 0.29) is 0 Å². The second-order valence-corrected chi connectivity index (χ2v) is 6.12. The number of aliphatic imine (C=N–C) groups is 2. The topological polar surface area (TPSA) is 24.7 Å². The molecule has 0 aliphatic carbocycles. The summed E-state index contributed by atoms with van der Waals surface area (Å²) in [6, 6.07) is 23.6. The summed E-state index contributed by atoms with van der Waals surface area (Å²) in [7, 11) is 0. The Morgan fingerprint density at radius 1 is 0.542 bits per heavy atom. The molecule has 0 N–H and O–H groups in total. The van der Waals surface area contributed by atoms with Gasteiger partial charge < -0.3 is 0 Å². The van der Waals surface area contributed by atoms with Gasteiger partial charge in [0.25, 0.3) is 0 Å². The van der Waals surface area contributed by atoms with Crippen molar-refractivity contribution >= 4 is 49.1 Å². The molecule has 0 fully saturated rings. The zero-order valence-corrected chi connectivity index (χ0v) is 14.7. The predicted molar refractivity (Wildman–Crippen MR) is 108 cm³/mol. The van der Waals surface area contributed by atoms with Gasteiger partial charge in [-0.25, -0.2) is 0 Å². The third-order valence-corrected chi connectivity index (χ3v) is 4.16. The number of hydrogen-bond donors (Lipinski definition) is 2. The van der Waals surface area contributed by atoms with E-state index in [1.165, 1.54) is 0 Å². The Morgan fingerprint density at radius 3 is 1.29 bits per heavy atom. The Labute approximate surface area is 152 Å². The van der Waals surface area contributed by atoms with E-state index >= 15 is 0 Å². The molecule has 0 saturated carbocycles. The largest absolute Gasteiger partial charge is 0.255 e. The summed E-state index contributed by atoms with van der Waals surface area (Å²) in [4.78, 5) is 10.7. The summed E-state index contributed by atoms with van der Waals surface area (Å²) in [5.74, 6) is 0. The number of rotatable bonds is 4. The molecule has 3 aromatic rings. The van der Waals surface area contributed by atoms with Gasteiger partial charge in [-0.3, -0.25) is 9.98 Å². The molecule has 24 heavy (non-hydrogen) atoms. The van der Waals surface area contributed by atoms with Crippen LogP contribution < -0.4 is 0 Å². The molecule has 0 saturated heterocycles. The minimum absolute atomic E-state index is 0.858. The van der Waals surface area contributed by atoms with E-state index in [1.807, 2.05) is 85.2 Å². The standard InChI is InChI=1S/C20H16N2S2/c23-19-7-3-1-5-17(19)21-13-15-9-11-16(12-10-15)14-22-18-6-2-4-8-20(18)24/h1-14,23-24H. The van der Waals surface area contributed by atoms with E-state index in [9.17, 15) is 0 Å². The molecular formula is C20H16N2S2. The SMILES string of the molecule is Sc1ccccc1N=Cc1ccc(C=Nc2ccccc2S)cc1. The summed E-state index contributed by atoms with van der Waals surface area (Å²) >= 11 is 8.79. The molecule has 0 aliphatic rings. The fourth-order valence-electron chi connectivity index (χ4n) is 2.10. The van der Waals surface area contributed by atoms with Crippen molar-refractivity contribution in [3.05, 3.63) is 83.9 Å². The molecule has 0 bridgehead atoms. The van der Waals surface area contributed by atoms with E-state index in [4.69, 9.17) is 0 Å². The van der Waals surface area contributed by atoms with Crippen LogP contribution in [0.25, 0.3) is 0 Å². The van der Waals surface area contributed by atoms with Crippen molar-refractivity contribution in [2.45, 2.75) is 9.79 Å². The maximum Gasteiger partial charge on any atom is 0.0763 e. The number of para-hydroxylation sites is 2. The minimum Gasteiger partial charge on any atom is -0.255 e. The fourth-order valence-corrected chi connectivity index (χ4v) is 2.54. The van der Waals surface area contributed by atoms with Crippen LogP contribution in [0, 0.1) is 0 Å². The molecule has 3 aromatic carbocycles. The maximum absolute atomic E-state index is 4.47. The van der Waals surface area contributed by atoms with Crippen molar-refractivity contribution < 1.29 is 0 Å². The average molecular weight is 348 g/mol. The Kier molecular flexibility index (Phi) is 5.51. The molecule has 0 atom stereocenters. The quantitative estimate of drug-likeness (QED) is 0.442. The maximum atomic E-state index is 4.47. The van der Waals surface area contributed by atoms with Crippen molar-refractivity contribution in [2.75, 3.05) is 0 Å². The first-order chi connectivity index (χ1) is 11.7. The molecule has 0 spiro atoms. The second-order valence-electron chi connectivity index (χ2n) is 5.16. The zero-order valence-electron chi connectivity index (χ0n) is 12.9. The summed E-state index contributed by atoms with van der Waals surface area (Å²) in [5, 5.41) is 0. The predicted octanol–water partition coefficient (Wildman–Crippen LogP) is 5.77. The number of hydrogen-bond acceptors (Lipinski definition) is 4. The van der Waals surface area contributed by atoms with Crippen LogP contribution in [0.2, 0.25) is 0 Å². The van der Waals surface area contributed by atoms with E-state index in [0.29, 0.717) is 0 Å². The second kappa shape index (κ2) is 7.99. The fraction of sp³-hybridized carbons (Fsp3) is 0. The van der Waals surface area contributed by atoms with E-state index in [1.54, 1.807) is 0 Å². The van der Waals surface area contributed by atoms with Gasteiger partial charge in [-0.15, -0.1) is 25.3 Å². The Balaban J connectivity index is 1.72. The normalized spacial score (nSPS) is 11.4. The van der Waals surface area contributed by atoms with Crippen molar-refractivity contribution in [1.82, 2.24) is 0 Å². The van der Waals surface area contributed by atoms with E-state index < -0.39 is 0 Å². The summed E-state index contributed by atoms with van der Waals surface area (Å²) in [5.41, 5.74) is 3.77. The molecule has 0 amide bonds. The molecule has 0 radical (unpaired) electrons. The van der Waals surface area contributed by atoms with Gasteiger partial charge in [-0.2, -0.15) is 0 Å². The van der Waals surface area contributed by atoms with Gasteiger partial charge in [-0.05, 0) is 35.4 Å². The van der Waals surface area contributed by atoms with Crippen LogP contribution in [-0.2, 0) is 0 Å². The van der Waals surface area contributed by atoms with Crippen LogP contribution in [0.5, 0.6) is 0 Å². The van der Waals surface area contributed by atoms with Gasteiger partial charge in [0.15, 0.2) is 0 Å². The first kappa shape index (κ1) is 16.6. The van der Waals surface area contributed by atoms with Gasteiger partial charge in [-0.1, -0.05) is 48.5 Å². The highest BCUT2D eigenvalue weighted by molar-refractivity contribution is 7.80. The van der Waals surface area contributed by atoms with Crippen molar-refractivity contribution in [3.63, 3.8) is 0 Å². The monoisotopic (exact) mass is 348 g/mol. The number of benzene rings is 3. The molecule has 3 rings (SSSR count). The smallest absolute Gasteiger partial charge is 0.0763 e. The molecule has 118 valence electrons. The van der Waals surface area contributed by atoms with Gasteiger partial charge in [0.1, 0.15) is 0 Å². The summed E-state index contributed by atoms with van der Waals surface area (Å²) < 4.78 is 0. The van der Waals surface area contributed by atoms with Crippen molar-refractivity contribution in [2.24, 2.45) is 9.98 Å². The molecule has 4 heteroatoms. The van der Waals surface area contributed by atoms with Crippen LogP contribution in [0.4, 0.5) is 11.4 Å². The van der Waals surface area contributed by atoms with Crippen LogP contribution in [-0.4, -0.2) is 12.4 Å². The van der Waals surface area contributed by atoms with Crippen LogP contribution in [0.15, 0.2) is 92.6 Å². The lowest BCUT2D eigenvalue weighted by molar-refractivity contribution is 1.38. The Bertz CT molecular complexity index is 810. The average Bonchev–Trinajstić information content (AvgIpc) is 2.61. The first-order valence-electron chi connectivity index (χ1n) is 7.46. The van der Waals surface area contributed by atoms with E-state index in [0.717, 1.165) is 32.3 Å². The van der Waals surface area contributed by atoms with Gasteiger partial charge in [0, 0.05) is 22.2 Å². The lowest BCUT2D eigenvalue weighted by Crippen LogP contribution is -1.84. The molecule has 0 aliphatic heterocycles. The number of thiol groups is 2. The molecule has 0 aromatic heterocycles. The van der Waals surface area contributed by atoms with Crippen LogP contribution >= 0.6 is 25.3 Å². The highest BCUT2D eigenvalue weighted by Gasteiger charge is 1.96. The highest BCUT2D eigenvalue weighted by Crippen LogP contribution is 2.22. The minimum atomic E-state index is 0.858. The van der Waals surface area contributed by atoms with E-state index in [2.05, 4.69) is 35.2 Å². The third kappa shape index (κ3) is 4.37. The lowest BCUT2D eigenvalue weighted by atomic mass is 10.1. The van der Waals surface area contributed by atoms with Crippen molar-refractivity contribution in [1.29, 1.82) is 0 Å². The van der Waals surface area contributed by atoms with Gasteiger partial charge in [0.05, 0.1) is 11.4 Å². The van der Waals surface area contributed by atoms with Crippen LogP contribution in [0.3, 0.4) is 0 Å². The zero-order chi connectivity index (χ0) is 16.8. The summed E-state index contributed by atoms with van der Waals surface area (Å²) in [6.45, 7) is 0. The van der Waals surface area contributed by atoms with Crippen LogP contribution in [0.1, 0.15) is 11.1 Å². The molecule has 2 nitrogen and oxygen atoms in total. The Morgan fingerprint density at radius 2 is 0.917 bits per heavy atom. The Hall–Kier alpha value is -2.30. The molecule has 0 heterocycles. The lowest BCUT2D eigenvalue weighted by Gasteiger charge is -1.99. The highest BCUT2D eigenvalue weighted by atomic mass is 32.1. The third-order valence-electron chi connectivity index (χ3n) is 3.41.